The molecule has 7 heteroatoms. The number of nitrogens with one attached hydrogen (secondary N) is 1. The van der Waals surface area contributed by atoms with Crippen molar-refractivity contribution < 1.29 is 13.9 Å². The second-order valence-corrected chi connectivity index (χ2v) is 3.32. The fourth-order valence-corrected chi connectivity index (χ4v) is 1.24. The predicted molar refractivity (Wildman–Crippen MR) is 58.7 cm³/mol. The van der Waals surface area contributed by atoms with Crippen LogP contribution in [0.4, 0.5) is 4.39 Å². The van der Waals surface area contributed by atoms with Crippen molar-refractivity contribution in [3.05, 3.63) is 40.3 Å². The molecule has 88 valence electrons. The summed E-state index contributed by atoms with van der Waals surface area (Å²) in [6, 6.07) is 3.85. The van der Waals surface area contributed by atoms with E-state index < -0.39 is 11.8 Å². The number of methoxy groups -OCH3 is 1. The third kappa shape index (κ3) is 3.48. The first-order chi connectivity index (χ1) is 8.08. The largest absolute Gasteiger partial charge is 0.464 e. The maximum absolute atomic E-state index is 13.4. The lowest BCUT2D eigenvalue weighted by molar-refractivity contribution is -0.136. The zero-order valence-corrected chi connectivity index (χ0v) is 9.53. The summed E-state index contributed by atoms with van der Waals surface area (Å²) < 4.78 is 17.8. The van der Waals surface area contributed by atoms with Crippen molar-refractivity contribution in [2.24, 2.45) is 5.11 Å². The molecule has 0 bridgehead atoms. The fourth-order valence-electron chi connectivity index (χ4n) is 1.06. The number of hydrogen-bond acceptors (Lipinski definition) is 4. The monoisotopic (exact) mass is 256 g/mol. The zero-order valence-electron chi connectivity index (χ0n) is 8.78. The highest BCUT2D eigenvalue weighted by Crippen LogP contribution is 2.18. The van der Waals surface area contributed by atoms with Gasteiger partial charge in [0.05, 0.1) is 7.11 Å². The highest BCUT2D eigenvalue weighted by atomic mass is 35.5. The van der Waals surface area contributed by atoms with Crippen LogP contribution in [0.5, 0.6) is 0 Å². The standard InChI is InChI=1S/C10H8ClFN3O2/c1-17-10(16)9(14-15-13)5-6-4-7(11)2-3-8(6)12/h2-5,13H,1H3/q+1/b9-5-. The third-order valence-corrected chi connectivity index (χ3v) is 2.04. The molecule has 1 N–H and O–H groups in total. The maximum Gasteiger partial charge on any atom is 0.364 e. The number of rotatable bonds is 3. The van der Waals surface area contributed by atoms with Crippen molar-refractivity contribution in [1.82, 2.24) is 4.91 Å². The van der Waals surface area contributed by atoms with Gasteiger partial charge in [-0.1, -0.05) is 11.6 Å². The smallest absolute Gasteiger partial charge is 0.364 e. The quantitative estimate of drug-likeness (QED) is 0.390. The van der Waals surface area contributed by atoms with Gasteiger partial charge in [-0.25, -0.2) is 9.18 Å². The Morgan fingerprint density at radius 1 is 1.65 bits per heavy atom. The average Bonchev–Trinajstić information content (AvgIpc) is 2.32. The molecule has 0 saturated carbocycles. The van der Waals surface area contributed by atoms with Crippen LogP contribution in [0.2, 0.25) is 5.02 Å². The highest BCUT2D eigenvalue weighted by molar-refractivity contribution is 6.30. The summed E-state index contributed by atoms with van der Waals surface area (Å²) in [6.45, 7) is 0. The number of nitrogens with zero attached hydrogens (tertiary/aromatic N) is 2. The average molecular weight is 257 g/mol. The van der Waals surface area contributed by atoms with Crippen LogP contribution in [0.3, 0.4) is 0 Å². The molecule has 5 nitrogen and oxygen atoms in total. The number of hydrogen-bond donors (Lipinski definition) is 1. The van der Waals surface area contributed by atoms with Crippen LogP contribution in [0, 0.1) is 11.3 Å². The number of halogens is 2. The van der Waals surface area contributed by atoms with E-state index in [2.05, 4.69) is 14.8 Å². The molecule has 0 amide bonds. The number of esters is 1. The van der Waals surface area contributed by atoms with Crippen LogP contribution < -0.4 is 4.91 Å². The Morgan fingerprint density at radius 3 is 2.94 bits per heavy atom. The molecule has 0 aliphatic rings. The molecule has 0 unspecified atom stereocenters. The van der Waals surface area contributed by atoms with E-state index in [1.807, 2.05) is 0 Å². The van der Waals surface area contributed by atoms with Crippen molar-refractivity contribution >= 4 is 23.6 Å². The lowest BCUT2D eigenvalue weighted by Crippen LogP contribution is -2.03. The van der Waals surface area contributed by atoms with Crippen LogP contribution in [0.25, 0.3) is 6.08 Å². The molecule has 0 aliphatic carbocycles. The van der Waals surface area contributed by atoms with Gasteiger partial charge in [-0.05, 0) is 24.3 Å². The molecule has 17 heavy (non-hydrogen) atoms. The lowest BCUT2D eigenvalue weighted by Gasteiger charge is -1.98. The summed E-state index contributed by atoms with van der Waals surface area (Å²) in [5.74, 6) is -1.39. The number of carbonyl (C=O) groups excluding carboxylic acids is 1. The highest BCUT2D eigenvalue weighted by Gasteiger charge is 2.15. The third-order valence-electron chi connectivity index (χ3n) is 1.80. The molecule has 0 atom stereocenters. The van der Waals surface area contributed by atoms with Crippen molar-refractivity contribution in [3.8, 4) is 0 Å². The Kier molecular flexibility index (Phi) is 4.51. The van der Waals surface area contributed by atoms with Crippen molar-refractivity contribution in [2.45, 2.75) is 0 Å². The first kappa shape index (κ1) is 13.0. The van der Waals surface area contributed by atoms with E-state index in [1.165, 1.54) is 12.1 Å². The molecule has 0 heterocycles. The minimum absolute atomic E-state index is 0.0605. The summed E-state index contributed by atoms with van der Waals surface area (Å²) in [4.78, 5) is 13.9. The molecular weight excluding hydrogens is 249 g/mol. The summed E-state index contributed by atoms with van der Waals surface area (Å²) in [5.41, 5.74) is 6.33. The van der Waals surface area contributed by atoms with Crippen molar-refractivity contribution in [3.63, 3.8) is 0 Å². The van der Waals surface area contributed by atoms with Crippen LogP contribution in [-0.2, 0) is 9.53 Å². The first-order valence-corrected chi connectivity index (χ1v) is 4.79. The molecule has 0 aliphatic heterocycles. The SMILES string of the molecule is COC(=O)/C(=C/c1cc(Cl)ccc1F)N=[N+]=N. The summed E-state index contributed by atoms with van der Waals surface area (Å²) >= 11 is 5.69. The molecule has 0 aromatic heterocycles. The molecule has 0 fully saturated rings. The van der Waals surface area contributed by atoms with Crippen LogP contribution >= 0.6 is 11.6 Å². The van der Waals surface area contributed by atoms with Crippen LogP contribution in [0.1, 0.15) is 5.56 Å². The Balaban J connectivity index is 3.25. The van der Waals surface area contributed by atoms with Gasteiger partial charge in [0, 0.05) is 10.6 Å². The first-order valence-electron chi connectivity index (χ1n) is 4.41. The normalized spacial score (nSPS) is 10.6. The number of carbonyl (C=O) groups is 1. The molecule has 1 aromatic carbocycles. The topological polar surface area (TPSA) is 76.6 Å². The van der Waals surface area contributed by atoms with Crippen molar-refractivity contribution in [2.75, 3.05) is 7.11 Å². The Hall–Kier alpha value is -2.04. The van der Waals surface area contributed by atoms with E-state index in [0.717, 1.165) is 19.3 Å². The van der Waals surface area contributed by atoms with Gasteiger partial charge in [-0.15, -0.1) is 0 Å². The van der Waals surface area contributed by atoms with E-state index >= 15 is 0 Å². The van der Waals surface area contributed by atoms with E-state index in [4.69, 9.17) is 17.1 Å². The lowest BCUT2D eigenvalue weighted by atomic mass is 10.2. The Morgan fingerprint density at radius 2 is 2.35 bits per heavy atom. The van der Waals surface area contributed by atoms with Gasteiger partial charge in [-0.2, -0.15) is 0 Å². The maximum atomic E-state index is 13.4. The molecule has 0 saturated heterocycles. The summed E-state index contributed by atoms with van der Waals surface area (Å²) in [6.07, 6.45) is 1.10. The van der Waals surface area contributed by atoms with E-state index in [-0.39, 0.29) is 11.3 Å². The van der Waals surface area contributed by atoms with E-state index in [0.29, 0.717) is 5.02 Å². The van der Waals surface area contributed by atoms with Crippen LogP contribution in [0.15, 0.2) is 29.0 Å². The minimum atomic E-state index is -0.819. The molecule has 0 radical (unpaired) electrons. The Labute approximate surface area is 101 Å². The van der Waals surface area contributed by atoms with Gasteiger partial charge < -0.3 is 4.74 Å². The van der Waals surface area contributed by atoms with Gasteiger partial charge >= 0.3 is 5.97 Å². The molecule has 0 spiro atoms. The number of benzene rings is 1. The summed E-state index contributed by atoms with van der Waals surface area (Å²) in [7, 11) is 1.14. The summed E-state index contributed by atoms with van der Waals surface area (Å²) in [5, 5.41) is 3.54. The van der Waals surface area contributed by atoms with E-state index in [9.17, 15) is 9.18 Å². The van der Waals surface area contributed by atoms with Crippen molar-refractivity contribution in [1.29, 1.82) is 5.53 Å². The Bertz CT molecular complexity index is 524. The van der Waals surface area contributed by atoms with Crippen LogP contribution in [-0.4, -0.2) is 13.1 Å². The van der Waals surface area contributed by atoms with Gasteiger partial charge in [0.25, 0.3) is 0 Å². The second-order valence-electron chi connectivity index (χ2n) is 2.89. The van der Waals surface area contributed by atoms with E-state index in [1.54, 1.807) is 0 Å². The molecule has 1 aromatic rings. The number of ether oxygens (including phenoxy) is 1. The van der Waals surface area contributed by atoms with Gasteiger partial charge in [-0.3, -0.25) is 0 Å². The molecule has 1 rings (SSSR count). The minimum Gasteiger partial charge on any atom is -0.464 e. The zero-order chi connectivity index (χ0) is 12.8. The molecular formula is C10H8ClFN3O2+. The van der Waals surface area contributed by atoms with Gasteiger partial charge in [0.1, 0.15) is 11.3 Å². The second kappa shape index (κ2) is 5.89. The van der Waals surface area contributed by atoms with Gasteiger partial charge in [0.2, 0.25) is 10.6 Å². The van der Waals surface area contributed by atoms with Gasteiger partial charge in [0.15, 0.2) is 5.11 Å². The fraction of sp³-hybridized carbons (Fsp3) is 0.100. The predicted octanol–water partition coefficient (Wildman–Crippen LogP) is 2.54.